The number of aromatic nitrogens is 14. The minimum absolute atomic E-state index is 0. The van der Waals surface area contributed by atoms with Crippen LogP contribution in [0.3, 0.4) is 0 Å². The molecule has 143 heavy (non-hydrogen) atoms. The summed E-state index contributed by atoms with van der Waals surface area (Å²) in [7, 11) is -12.3. The van der Waals surface area contributed by atoms with Gasteiger partial charge in [0.2, 0.25) is 70.2 Å². The van der Waals surface area contributed by atoms with Crippen molar-refractivity contribution < 1.29 is 90.6 Å². The Kier molecular flexibility index (Phi) is 47.9. The summed E-state index contributed by atoms with van der Waals surface area (Å²) in [5, 5.41) is 26.4. The predicted octanol–water partition coefficient (Wildman–Crippen LogP) is 6.81. The molecule has 7 atom stereocenters. The first-order valence-corrected chi connectivity index (χ1v) is 59.3. The number of nitrogens with zero attached hydrogens (tertiary/aromatic N) is 21. The summed E-state index contributed by atoms with van der Waals surface area (Å²) in [5.41, 5.74) is 0. The second kappa shape index (κ2) is 55.8. The fourth-order valence-corrected chi connectivity index (χ4v) is 25.0. The van der Waals surface area contributed by atoms with Gasteiger partial charge in [-0.25, -0.2) is 118 Å². The highest BCUT2D eigenvalue weighted by Gasteiger charge is 2.37. The highest BCUT2D eigenvalue weighted by molar-refractivity contribution is 7.90. The van der Waals surface area contributed by atoms with E-state index in [1.165, 1.54) is 83.2 Å². The number of likely N-dealkylation sites (N-methyl/N-ethyl adjacent to an activating group) is 7. The van der Waals surface area contributed by atoms with Crippen molar-refractivity contribution in [3.63, 3.8) is 0 Å². The summed E-state index contributed by atoms with van der Waals surface area (Å²) in [6, 6.07) is 6.87. The first-order valence-electron chi connectivity index (χ1n) is 47.7. The number of aryl methyl sites for hydroxylation is 7. The van der Waals surface area contributed by atoms with Crippen LogP contribution in [0.5, 0.6) is 0 Å². The van der Waals surface area contributed by atoms with Gasteiger partial charge < -0.3 is 0 Å². The zero-order chi connectivity index (χ0) is 103. The maximum Gasteiger partial charge on any atom is 0.441 e. The molecule has 8 aromatic rings. The van der Waals surface area contributed by atoms with Crippen LogP contribution in [0.2, 0.25) is 0 Å². The monoisotopic (exact) mass is 2160 g/mol. The van der Waals surface area contributed by atoms with E-state index in [0.29, 0.717) is 118 Å². The van der Waals surface area contributed by atoms with Crippen LogP contribution in [0.15, 0.2) is 100 Å². The quantitative estimate of drug-likeness (QED) is 0.0430. The van der Waals surface area contributed by atoms with Crippen molar-refractivity contribution in [2.24, 2.45) is 0 Å². The van der Waals surface area contributed by atoms with Gasteiger partial charge in [0.1, 0.15) is 0 Å². The highest BCUT2D eigenvalue weighted by Crippen LogP contribution is 2.31. The molecule has 0 saturated heterocycles. The molecule has 814 valence electrons. The van der Waals surface area contributed by atoms with Gasteiger partial charge >= 0.3 is 40.3 Å². The molecular formula is C87H151N21O28S7. The van der Waals surface area contributed by atoms with Gasteiger partial charge in [-0.3, -0.25) is 63.6 Å². The van der Waals surface area contributed by atoms with Crippen LogP contribution < -0.4 is 40.3 Å². The number of benzene rings is 1. The Balaban J connectivity index is 0.000000255. The van der Waals surface area contributed by atoms with Crippen LogP contribution in [-0.2, 0) is 115 Å². The van der Waals surface area contributed by atoms with Gasteiger partial charge in [-0.2, -0.15) is 4.31 Å². The molecule has 7 aromatic heterocycles. The Bertz CT molecular complexity index is 6250. The fourth-order valence-electron chi connectivity index (χ4n) is 17.8. The van der Waals surface area contributed by atoms with Crippen molar-refractivity contribution in [2.75, 3.05) is 131 Å². The summed E-state index contributed by atoms with van der Waals surface area (Å²) in [6.45, 7) is 9.37. The highest BCUT2D eigenvalue weighted by atomic mass is 32.2. The van der Waals surface area contributed by atoms with Gasteiger partial charge in [-0.05, 0) is 128 Å². The first-order chi connectivity index (χ1) is 66.1. The van der Waals surface area contributed by atoms with Gasteiger partial charge in [-0.15, -0.1) is 0 Å². The van der Waals surface area contributed by atoms with E-state index in [1.807, 2.05) is 27.7 Å². The Morgan fingerprint density at radius 2 is 0.448 bits per heavy atom. The van der Waals surface area contributed by atoms with Crippen LogP contribution in [-0.4, -0.2) is 288 Å². The number of hydrogen-bond acceptors (Lipinski definition) is 35. The van der Waals surface area contributed by atoms with Gasteiger partial charge in [0.15, 0.2) is 40.8 Å². The molecule has 0 fully saturated rings. The third-order valence-electron chi connectivity index (χ3n) is 25.7. The van der Waals surface area contributed by atoms with Crippen molar-refractivity contribution in [2.45, 2.75) is 309 Å². The molecule has 0 N–H and O–H groups in total. The lowest BCUT2D eigenvalue weighted by Crippen LogP contribution is -2.36. The maximum atomic E-state index is 12.6. The van der Waals surface area contributed by atoms with E-state index >= 15 is 0 Å². The van der Waals surface area contributed by atoms with E-state index in [1.54, 1.807) is 58.5 Å². The average Bonchev–Trinajstić information content (AvgIpc) is 1.57. The van der Waals surface area contributed by atoms with Crippen LogP contribution in [0.4, 0.5) is 0 Å². The molecule has 49 nitrogen and oxygen atoms in total. The molecule has 0 saturated carbocycles. The lowest BCUT2D eigenvalue weighted by atomic mass is 10.1. The normalized spacial score (nSPS) is 19.4. The lowest BCUT2D eigenvalue weighted by molar-refractivity contribution is 0.323. The minimum atomic E-state index is -3.58. The van der Waals surface area contributed by atoms with E-state index < -0.39 is 110 Å². The maximum absolute atomic E-state index is 12.6. The smallest absolute Gasteiger partial charge is 0.296 e. The molecule has 7 aliphatic heterocycles. The van der Waals surface area contributed by atoms with Gasteiger partial charge in [0.25, 0.3) is 0 Å². The van der Waals surface area contributed by atoms with Crippen LogP contribution in [0.25, 0.3) is 0 Å². The van der Waals surface area contributed by atoms with E-state index in [4.69, 9.17) is 22.6 Å². The molecule has 1 aromatic carbocycles. The lowest BCUT2D eigenvalue weighted by Gasteiger charge is -2.23. The minimum Gasteiger partial charge on any atom is -0.296 e. The average molecular weight is 2160 g/mol. The number of unbranched alkanes of at least 4 members (excludes halogenated alkanes) is 1. The van der Waals surface area contributed by atoms with Gasteiger partial charge in [-0.1, -0.05) is 156 Å². The second-order valence-corrected chi connectivity index (χ2v) is 51.4. The van der Waals surface area contributed by atoms with Crippen molar-refractivity contribution in [3.8, 4) is 0 Å². The summed E-state index contributed by atoms with van der Waals surface area (Å²) in [4.78, 5) is 82.4. The van der Waals surface area contributed by atoms with E-state index in [0.717, 1.165) is 154 Å². The summed E-state index contributed by atoms with van der Waals surface area (Å²) < 4.78 is 220. The molecule has 56 heteroatoms. The number of fused-ring (bicyclic) bond motifs is 7. The molecule has 0 radical (unpaired) electrons. The molecule has 0 bridgehead atoms. The van der Waals surface area contributed by atoms with Crippen LogP contribution in [0.1, 0.15) is 300 Å². The Morgan fingerprint density at radius 3 is 0.629 bits per heavy atom. The van der Waals surface area contributed by atoms with Crippen LogP contribution >= 0.6 is 0 Å². The standard InChI is InChI=1S/C15H19N3O4S.C13H23N3O4S.3C12H21N3O4S.2C10H17N3O4S.3CH4/c1-17(23(20,21)13-8-3-2-4-9-13)11-12-7-5-6-10-14-16-22-15(19)18(12)14;1-3-4-9-21(18,19)15(2)10-11-7-5-6-8-12-14-20-13(17)16(11)12;3*1-3-8-20(17,18)14(2)9-10-6-4-5-7-11-13-19-12(16)15(10)11;2*1-12(18(2,15)16)7-8-5-3-4-6-9-11-17-10(14)13(8)9;;;/h2-4,8-9,12H,5-7,10-11H2,1H3;11H,3-10H2,1-2H3;3*10H,3-9H2,1-2H3;2*8H,3-7H2,1-2H3;3*1H4. The zero-order valence-corrected chi connectivity index (χ0v) is 87.9. The summed E-state index contributed by atoms with van der Waals surface area (Å²) >= 11 is 0. The third kappa shape index (κ3) is 33.9. The number of rotatable bonds is 31. The van der Waals surface area contributed by atoms with Crippen molar-refractivity contribution in [1.82, 2.24) is 98.2 Å². The van der Waals surface area contributed by atoms with E-state index in [-0.39, 0.29) is 132 Å². The third-order valence-corrected chi connectivity index (χ3v) is 38.1. The van der Waals surface area contributed by atoms with Crippen molar-refractivity contribution in [1.29, 1.82) is 0 Å². The van der Waals surface area contributed by atoms with E-state index in [9.17, 15) is 92.5 Å². The predicted molar refractivity (Wildman–Crippen MR) is 534 cm³/mol. The number of hydrogen-bond donors (Lipinski definition) is 0. The SMILES string of the molecule is C.C.C.CCCCS(=O)(=O)N(C)CC1CCCCc2noc(=O)n21.CCCS(=O)(=O)N(C)CC1CCCCc2noc(=O)n21.CCCS(=O)(=O)N(C)CC1CCCCc2noc(=O)n21.CCCS(=O)(=O)N(C)CC1CCCCc2noc(=O)n21.CN(CC1CCCCc2noc(=O)n21)S(=O)(=O)c1ccccc1.CN(CC1CCCCc2noc(=O)n21)S(C)(=O)=O.CN(CC1CCCCc2noc(=O)n21)S(C)(=O)=O. The molecule has 0 amide bonds. The van der Waals surface area contributed by atoms with E-state index in [2.05, 4.69) is 45.1 Å². The molecule has 14 heterocycles. The fraction of sp³-hybridized carbons (Fsp3) is 0.770. The summed E-state index contributed by atoms with van der Waals surface area (Å²) in [6.07, 6.45) is 28.9. The molecule has 0 aliphatic carbocycles. The van der Waals surface area contributed by atoms with Crippen molar-refractivity contribution in [3.05, 3.63) is 145 Å². The molecule has 0 spiro atoms. The molecule has 15 rings (SSSR count). The zero-order valence-electron chi connectivity index (χ0n) is 82.2. The second-order valence-electron chi connectivity index (χ2n) is 36.4. The topological polar surface area (TPSA) is 598 Å². The van der Waals surface area contributed by atoms with Crippen molar-refractivity contribution >= 4 is 70.2 Å². The number of sulfonamides is 7. The first kappa shape index (κ1) is 123. The molecular weight excluding hydrogens is 2010 g/mol. The van der Waals surface area contributed by atoms with Gasteiger partial charge in [0, 0.05) is 140 Å². The van der Waals surface area contributed by atoms with Crippen LogP contribution in [0, 0.1) is 0 Å². The molecule has 7 aliphatic rings. The van der Waals surface area contributed by atoms with Gasteiger partial charge in [0.05, 0.1) is 82.7 Å². The Hall–Kier alpha value is -8.83. The Labute approximate surface area is 838 Å². The Morgan fingerprint density at radius 1 is 0.266 bits per heavy atom. The summed E-state index contributed by atoms with van der Waals surface area (Å²) in [5.74, 6) is 1.37. The molecule has 7 unspecified atom stereocenters. The largest absolute Gasteiger partial charge is 0.441 e.